The number of halogens is 1. The van der Waals surface area contributed by atoms with Crippen LogP contribution in [0, 0.1) is 17.2 Å². The summed E-state index contributed by atoms with van der Waals surface area (Å²) in [7, 11) is 0. The van der Waals surface area contributed by atoms with Gasteiger partial charge in [-0.25, -0.2) is 10.2 Å². The van der Waals surface area contributed by atoms with Crippen molar-refractivity contribution in [3.63, 3.8) is 0 Å². The molecule has 0 spiro atoms. The van der Waals surface area contributed by atoms with Gasteiger partial charge in [0, 0.05) is 16.9 Å². The van der Waals surface area contributed by atoms with Crippen molar-refractivity contribution in [1.82, 2.24) is 10.9 Å². The van der Waals surface area contributed by atoms with Gasteiger partial charge in [0.1, 0.15) is 11.6 Å². The van der Waals surface area contributed by atoms with E-state index >= 15 is 0 Å². The summed E-state index contributed by atoms with van der Waals surface area (Å²) in [6, 6.07) is 9.43. The van der Waals surface area contributed by atoms with E-state index < -0.39 is 5.97 Å². The lowest BCUT2D eigenvalue weighted by Gasteiger charge is -2.16. The molecule has 6 heteroatoms. The zero-order valence-corrected chi connectivity index (χ0v) is 11.5. The molecule has 1 aliphatic heterocycles. The van der Waals surface area contributed by atoms with E-state index in [2.05, 4.69) is 26.8 Å². The maximum absolute atomic E-state index is 10.9. The van der Waals surface area contributed by atoms with Crippen LogP contribution in [0.15, 0.2) is 40.4 Å². The Morgan fingerprint density at radius 1 is 1.58 bits per heavy atom. The molecule has 1 heterocycles. The molecule has 19 heavy (non-hydrogen) atoms. The van der Waals surface area contributed by atoms with Crippen molar-refractivity contribution in [3.05, 3.63) is 46.0 Å². The first-order valence-electron chi connectivity index (χ1n) is 5.71. The topological polar surface area (TPSA) is 85.2 Å². The van der Waals surface area contributed by atoms with Gasteiger partial charge in [-0.3, -0.25) is 5.43 Å². The van der Waals surface area contributed by atoms with Gasteiger partial charge >= 0.3 is 5.97 Å². The maximum atomic E-state index is 10.9. The molecule has 0 amide bonds. The summed E-state index contributed by atoms with van der Waals surface area (Å²) in [5.41, 5.74) is 6.90. The van der Waals surface area contributed by atoms with E-state index in [-0.39, 0.29) is 17.5 Å². The van der Waals surface area contributed by atoms with Crippen molar-refractivity contribution in [2.75, 3.05) is 6.54 Å². The molecule has 0 radical (unpaired) electrons. The molecule has 2 atom stereocenters. The Balaban J connectivity index is 2.27. The molecule has 0 aliphatic carbocycles. The number of carbonyl (C=O) groups is 1. The van der Waals surface area contributed by atoms with Crippen LogP contribution in [0.4, 0.5) is 0 Å². The van der Waals surface area contributed by atoms with Gasteiger partial charge in [-0.05, 0) is 17.7 Å². The highest BCUT2D eigenvalue weighted by Crippen LogP contribution is 2.28. The molecule has 1 aliphatic rings. The van der Waals surface area contributed by atoms with Crippen LogP contribution < -0.4 is 10.9 Å². The monoisotopic (exact) mass is 321 g/mol. The third kappa shape index (κ3) is 3.20. The number of rotatable bonds is 3. The standard InChI is InChI=1S/C13H12BrN3O2/c14-11-3-1-2-8(5-11)12-10(7-16-17-12)4-9(6-15)13(18)19/h1-5,10,12,16-17H,7H2,(H,18,19)/b9-4-. The summed E-state index contributed by atoms with van der Waals surface area (Å²) >= 11 is 3.41. The number of hydrazine groups is 1. The fraction of sp³-hybridized carbons (Fsp3) is 0.231. The first-order chi connectivity index (χ1) is 9.11. The van der Waals surface area contributed by atoms with Gasteiger partial charge in [0.15, 0.2) is 0 Å². The van der Waals surface area contributed by atoms with Crippen LogP contribution in [0.1, 0.15) is 11.6 Å². The lowest BCUT2D eigenvalue weighted by Crippen LogP contribution is -2.24. The Labute approximate surface area is 119 Å². The molecule has 1 fully saturated rings. The molecular weight excluding hydrogens is 310 g/mol. The SMILES string of the molecule is N#C/C(=C/C1CNNC1c1cccc(Br)c1)C(=O)O. The minimum absolute atomic E-state index is 0.0554. The van der Waals surface area contributed by atoms with Crippen molar-refractivity contribution in [2.45, 2.75) is 6.04 Å². The zero-order chi connectivity index (χ0) is 13.8. The van der Waals surface area contributed by atoms with Crippen LogP contribution in [-0.2, 0) is 4.79 Å². The van der Waals surface area contributed by atoms with Crippen molar-refractivity contribution < 1.29 is 9.90 Å². The number of nitrogens with one attached hydrogen (secondary N) is 2. The van der Waals surface area contributed by atoms with E-state index in [0.717, 1.165) is 10.0 Å². The van der Waals surface area contributed by atoms with E-state index in [4.69, 9.17) is 10.4 Å². The normalized spacial score (nSPS) is 23.1. The van der Waals surface area contributed by atoms with Gasteiger partial charge in [0.05, 0.1) is 6.04 Å². The highest BCUT2D eigenvalue weighted by Gasteiger charge is 2.28. The molecule has 3 N–H and O–H groups in total. The Kier molecular flexibility index (Phi) is 4.32. The van der Waals surface area contributed by atoms with Crippen LogP contribution in [0.2, 0.25) is 0 Å². The average Bonchev–Trinajstić information content (AvgIpc) is 2.83. The Morgan fingerprint density at radius 3 is 3.00 bits per heavy atom. The first-order valence-corrected chi connectivity index (χ1v) is 6.50. The van der Waals surface area contributed by atoms with Crippen LogP contribution in [-0.4, -0.2) is 17.6 Å². The maximum Gasteiger partial charge on any atom is 0.346 e. The summed E-state index contributed by atoms with van der Waals surface area (Å²) in [6.45, 7) is 0.579. The summed E-state index contributed by atoms with van der Waals surface area (Å²) in [5, 5.41) is 17.7. The summed E-state index contributed by atoms with van der Waals surface area (Å²) in [5.74, 6) is -1.28. The minimum Gasteiger partial charge on any atom is -0.477 e. The highest BCUT2D eigenvalue weighted by molar-refractivity contribution is 9.10. The number of carboxylic acids is 1. The van der Waals surface area contributed by atoms with Gasteiger partial charge < -0.3 is 5.11 Å². The van der Waals surface area contributed by atoms with Crippen molar-refractivity contribution >= 4 is 21.9 Å². The molecule has 2 rings (SSSR count). The molecule has 2 unspecified atom stereocenters. The number of benzene rings is 1. The van der Waals surface area contributed by atoms with Gasteiger partial charge in [-0.15, -0.1) is 0 Å². The molecule has 0 saturated carbocycles. The zero-order valence-electron chi connectivity index (χ0n) is 9.93. The Morgan fingerprint density at radius 2 is 2.37 bits per heavy atom. The van der Waals surface area contributed by atoms with Crippen LogP contribution in [0.3, 0.4) is 0 Å². The van der Waals surface area contributed by atoms with Gasteiger partial charge in [-0.2, -0.15) is 5.26 Å². The number of hydrogen-bond donors (Lipinski definition) is 3. The number of aliphatic carboxylic acids is 1. The largest absolute Gasteiger partial charge is 0.477 e. The smallest absolute Gasteiger partial charge is 0.346 e. The van der Waals surface area contributed by atoms with E-state index in [1.54, 1.807) is 6.07 Å². The van der Waals surface area contributed by atoms with Gasteiger partial charge in [0.2, 0.25) is 0 Å². The molecule has 0 aromatic heterocycles. The lowest BCUT2D eigenvalue weighted by molar-refractivity contribution is -0.132. The fourth-order valence-corrected chi connectivity index (χ4v) is 2.48. The second-order valence-corrected chi connectivity index (χ2v) is 5.13. The minimum atomic E-state index is -1.19. The van der Waals surface area contributed by atoms with Crippen LogP contribution in [0.25, 0.3) is 0 Å². The Bertz CT molecular complexity index is 565. The van der Waals surface area contributed by atoms with E-state index in [1.165, 1.54) is 6.08 Å². The third-order valence-corrected chi connectivity index (χ3v) is 3.46. The number of hydrogen-bond acceptors (Lipinski definition) is 4. The molecule has 0 bridgehead atoms. The number of nitriles is 1. The highest BCUT2D eigenvalue weighted by atomic mass is 79.9. The number of nitrogens with zero attached hydrogens (tertiary/aromatic N) is 1. The first kappa shape index (κ1) is 13.7. The van der Waals surface area contributed by atoms with E-state index in [0.29, 0.717) is 6.54 Å². The second kappa shape index (κ2) is 5.97. The molecule has 98 valence electrons. The predicted octanol–water partition coefficient (Wildman–Crippen LogP) is 1.75. The molecule has 1 saturated heterocycles. The predicted molar refractivity (Wildman–Crippen MR) is 72.8 cm³/mol. The summed E-state index contributed by atoms with van der Waals surface area (Å²) < 4.78 is 0.958. The van der Waals surface area contributed by atoms with Gasteiger partial charge in [0.25, 0.3) is 0 Å². The van der Waals surface area contributed by atoms with E-state index in [1.807, 2.05) is 24.3 Å². The van der Waals surface area contributed by atoms with Crippen molar-refractivity contribution in [2.24, 2.45) is 5.92 Å². The Hall–Kier alpha value is -1.68. The molecule has 1 aromatic rings. The van der Waals surface area contributed by atoms with E-state index in [9.17, 15) is 4.79 Å². The molecular formula is C13H12BrN3O2. The lowest BCUT2D eigenvalue weighted by atomic mass is 9.93. The van der Waals surface area contributed by atoms with Crippen LogP contribution >= 0.6 is 15.9 Å². The second-order valence-electron chi connectivity index (χ2n) is 4.22. The molecule has 5 nitrogen and oxygen atoms in total. The quantitative estimate of drug-likeness (QED) is 0.583. The van der Waals surface area contributed by atoms with Crippen LogP contribution in [0.5, 0.6) is 0 Å². The van der Waals surface area contributed by atoms with Gasteiger partial charge in [-0.1, -0.05) is 34.1 Å². The molecule has 1 aromatic carbocycles. The third-order valence-electron chi connectivity index (χ3n) is 2.96. The summed E-state index contributed by atoms with van der Waals surface area (Å²) in [4.78, 5) is 10.9. The van der Waals surface area contributed by atoms with Crippen molar-refractivity contribution in [1.29, 1.82) is 5.26 Å². The fourth-order valence-electron chi connectivity index (χ4n) is 2.07. The summed E-state index contributed by atoms with van der Waals surface area (Å²) in [6.07, 6.45) is 1.50. The average molecular weight is 322 g/mol. The number of carboxylic acid groups (broad SMARTS) is 1. The van der Waals surface area contributed by atoms with Crippen molar-refractivity contribution in [3.8, 4) is 6.07 Å².